The quantitative estimate of drug-likeness (QED) is 0.629. The van der Waals surface area contributed by atoms with Crippen LogP contribution in [0.2, 0.25) is 0 Å². The van der Waals surface area contributed by atoms with E-state index in [2.05, 4.69) is 48.7 Å². The van der Waals surface area contributed by atoms with Crippen molar-refractivity contribution in [2.24, 2.45) is 0 Å². The number of nitrogens with zero attached hydrogens (tertiary/aromatic N) is 2. The summed E-state index contributed by atoms with van der Waals surface area (Å²) in [6, 6.07) is 5.97. The molecule has 1 aromatic rings. The second-order valence-corrected chi connectivity index (χ2v) is 5.68. The molecule has 0 amide bonds. The largest absolute Gasteiger partial charge is 0.349 e. The summed E-state index contributed by atoms with van der Waals surface area (Å²) in [5.74, 6) is 0. The van der Waals surface area contributed by atoms with Crippen molar-refractivity contribution in [3.8, 4) is 0 Å². The van der Waals surface area contributed by atoms with Gasteiger partial charge in [0.25, 0.3) is 0 Å². The molecule has 0 N–H and O–H groups in total. The lowest BCUT2D eigenvalue weighted by atomic mass is 9.70. The molecule has 2 bridgehead atoms. The Balaban J connectivity index is 2.08. The minimum absolute atomic E-state index is 0.415. The molecule has 3 rings (SSSR count). The second kappa shape index (κ2) is 2.88. The second-order valence-electron chi connectivity index (χ2n) is 5.68. The monoisotopic (exact) mass is 204 g/mol. The van der Waals surface area contributed by atoms with E-state index in [1.165, 1.54) is 19.4 Å². The van der Waals surface area contributed by atoms with Crippen molar-refractivity contribution in [2.45, 2.75) is 50.7 Å². The van der Waals surface area contributed by atoms with Crippen LogP contribution < -0.4 is 0 Å². The molecule has 1 saturated heterocycles. The summed E-state index contributed by atoms with van der Waals surface area (Å²) in [6.45, 7) is 5.98. The average molecular weight is 204 g/mol. The number of hydrogen-bond acceptors (Lipinski definition) is 1. The summed E-state index contributed by atoms with van der Waals surface area (Å²) in [4.78, 5) is 2.56. The molecule has 0 radical (unpaired) electrons. The molecule has 2 aliphatic heterocycles. The van der Waals surface area contributed by atoms with Crippen LogP contribution in [0.15, 0.2) is 18.3 Å². The van der Waals surface area contributed by atoms with Crippen molar-refractivity contribution in [1.29, 1.82) is 0 Å². The summed E-state index contributed by atoms with van der Waals surface area (Å²) in [5.41, 5.74) is 1.97. The molecule has 0 aromatic carbocycles. The van der Waals surface area contributed by atoms with E-state index < -0.39 is 0 Å². The highest BCUT2D eigenvalue weighted by molar-refractivity contribution is 5.24. The third kappa shape index (κ3) is 1.21. The highest BCUT2D eigenvalue weighted by Gasteiger charge is 2.44. The minimum Gasteiger partial charge on any atom is -0.349 e. The highest BCUT2D eigenvalue weighted by Crippen LogP contribution is 2.43. The van der Waals surface area contributed by atoms with E-state index in [-0.39, 0.29) is 0 Å². The maximum atomic E-state index is 2.56. The van der Waals surface area contributed by atoms with Crippen LogP contribution in [0.25, 0.3) is 0 Å². The first-order valence-corrected chi connectivity index (χ1v) is 5.98. The van der Waals surface area contributed by atoms with Crippen LogP contribution in [0.3, 0.4) is 0 Å². The molecule has 2 nitrogen and oxygen atoms in total. The first-order valence-electron chi connectivity index (χ1n) is 5.98. The first kappa shape index (κ1) is 9.46. The maximum Gasteiger partial charge on any atom is 0.0379 e. The zero-order valence-electron chi connectivity index (χ0n) is 9.90. The molecule has 1 fully saturated rings. The number of aromatic nitrogens is 1. The molecule has 2 aliphatic rings. The predicted octanol–water partition coefficient (Wildman–Crippen LogP) is 2.24. The Labute approximate surface area is 91.9 Å². The molecule has 1 unspecified atom stereocenters. The van der Waals surface area contributed by atoms with Crippen LogP contribution in [0.5, 0.6) is 0 Å². The van der Waals surface area contributed by atoms with Gasteiger partial charge >= 0.3 is 0 Å². The Morgan fingerprint density at radius 1 is 1.40 bits per heavy atom. The van der Waals surface area contributed by atoms with E-state index in [1.54, 1.807) is 5.69 Å². The molecule has 0 spiro atoms. The molecule has 82 valence electrons. The summed E-state index contributed by atoms with van der Waals surface area (Å²) in [5, 5.41) is 0. The van der Waals surface area contributed by atoms with Gasteiger partial charge in [-0.05, 0) is 38.9 Å². The van der Waals surface area contributed by atoms with Crippen molar-refractivity contribution in [2.75, 3.05) is 7.05 Å². The van der Waals surface area contributed by atoms with Crippen molar-refractivity contribution in [3.05, 3.63) is 24.0 Å². The Kier molecular flexibility index (Phi) is 1.82. The fourth-order valence-electron chi connectivity index (χ4n) is 3.65. The normalized spacial score (nSPS) is 40.2. The molecule has 0 saturated carbocycles. The van der Waals surface area contributed by atoms with Crippen LogP contribution in [-0.2, 0) is 12.0 Å². The molecular weight excluding hydrogens is 184 g/mol. The fraction of sp³-hybridized carbons (Fsp3) is 0.692. The number of piperidine rings is 1. The summed E-state index contributed by atoms with van der Waals surface area (Å²) in [6.07, 6.45) is 4.87. The summed E-state index contributed by atoms with van der Waals surface area (Å²) >= 11 is 0. The van der Waals surface area contributed by atoms with E-state index >= 15 is 0 Å². The van der Waals surface area contributed by atoms with Crippen LogP contribution in [0.1, 0.15) is 32.4 Å². The topological polar surface area (TPSA) is 8.17 Å². The van der Waals surface area contributed by atoms with Gasteiger partial charge in [-0.15, -0.1) is 0 Å². The van der Waals surface area contributed by atoms with Crippen LogP contribution in [0, 0.1) is 0 Å². The van der Waals surface area contributed by atoms with Crippen molar-refractivity contribution >= 4 is 0 Å². The van der Waals surface area contributed by atoms with Crippen molar-refractivity contribution < 1.29 is 0 Å². The van der Waals surface area contributed by atoms with Gasteiger partial charge in [0.2, 0.25) is 0 Å². The van der Waals surface area contributed by atoms with Gasteiger partial charge in [-0.1, -0.05) is 6.92 Å². The van der Waals surface area contributed by atoms with Gasteiger partial charge in [-0.3, -0.25) is 4.90 Å². The minimum atomic E-state index is 0.415. The Hall–Kier alpha value is -0.760. The smallest absolute Gasteiger partial charge is 0.0379 e. The van der Waals surface area contributed by atoms with Gasteiger partial charge in [0.15, 0.2) is 0 Å². The fourth-order valence-corrected chi connectivity index (χ4v) is 3.65. The van der Waals surface area contributed by atoms with E-state index in [4.69, 9.17) is 0 Å². The molecular formula is C13H20N2. The van der Waals surface area contributed by atoms with E-state index in [1.807, 2.05) is 0 Å². The summed E-state index contributed by atoms with van der Waals surface area (Å²) < 4.78 is 2.45. The zero-order valence-corrected chi connectivity index (χ0v) is 9.90. The zero-order chi connectivity index (χ0) is 10.6. The van der Waals surface area contributed by atoms with Crippen molar-refractivity contribution in [3.63, 3.8) is 0 Å². The average Bonchev–Trinajstić information content (AvgIpc) is 2.63. The number of likely N-dealkylation sites (tertiary alicyclic amines) is 1. The predicted molar refractivity (Wildman–Crippen MR) is 62.0 cm³/mol. The van der Waals surface area contributed by atoms with Gasteiger partial charge in [-0.2, -0.15) is 0 Å². The number of likely N-dealkylation sites (N-methyl/N-ethyl adjacent to an activating group) is 1. The lowest BCUT2D eigenvalue weighted by Crippen LogP contribution is -2.55. The van der Waals surface area contributed by atoms with Gasteiger partial charge in [-0.25, -0.2) is 0 Å². The molecule has 15 heavy (non-hydrogen) atoms. The van der Waals surface area contributed by atoms with E-state index in [0.29, 0.717) is 5.41 Å². The lowest BCUT2D eigenvalue weighted by Gasteiger charge is -2.51. The SMILES string of the molecule is C[C@H]1CC2(C)C[C@@H](Cn3cccc32)N1C. The standard InChI is InChI=1S/C13H20N2/c1-10-7-13(2)8-11(14(10)3)9-15-6-4-5-12(13)15/h4-6,10-11H,7-9H2,1-3H3/t10-,11-,13?/m0/s1. The maximum absolute atomic E-state index is 2.56. The van der Waals surface area contributed by atoms with Gasteiger partial charge in [0.05, 0.1) is 0 Å². The van der Waals surface area contributed by atoms with Crippen LogP contribution >= 0.6 is 0 Å². The Morgan fingerprint density at radius 3 is 3.00 bits per heavy atom. The third-order valence-electron chi connectivity index (χ3n) is 4.56. The van der Waals surface area contributed by atoms with Crippen LogP contribution in [-0.4, -0.2) is 28.6 Å². The number of fused-ring (bicyclic) bond motifs is 4. The van der Waals surface area contributed by atoms with E-state index in [9.17, 15) is 0 Å². The molecule has 3 atom stereocenters. The Morgan fingerprint density at radius 2 is 2.20 bits per heavy atom. The molecule has 1 aromatic heterocycles. The molecule has 2 heteroatoms. The summed E-state index contributed by atoms with van der Waals surface area (Å²) in [7, 11) is 2.28. The Bertz CT molecular complexity index is 382. The van der Waals surface area contributed by atoms with Gasteiger partial charge in [0.1, 0.15) is 0 Å². The van der Waals surface area contributed by atoms with Crippen molar-refractivity contribution in [1.82, 2.24) is 9.47 Å². The first-order chi connectivity index (χ1) is 7.10. The highest BCUT2D eigenvalue weighted by atomic mass is 15.2. The number of hydrogen-bond donors (Lipinski definition) is 0. The third-order valence-corrected chi connectivity index (χ3v) is 4.56. The molecule has 3 heterocycles. The molecule has 0 aliphatic carbocycles. The van der Waals surface area contributed by atoms with Gasteiger partial charge < -0.3 is 4.57 Å². The van der Waals surface area contributed by atoms with Gasteiger partial charge in [0, 0.05) is 35.9 Å². The number of rotatable bonds is 0. The van der Waals surface area contributed by atoms with Crippen LogP contribution in [0.4, 0.5) is 0 Å². The lowest BCUT2D eigenvalue weighted by molar-refractivity contribution is 0.0426. The van der Waals surface area contributed by atoms with E-state index in [0.717, 1.165) is 12.1 Å².